The normalized spacial score (nSPS) is 13.7. The Morgan fingerprint density at radius 2 is 1.58 bits per heavy atom. The van der Waals surface area contributed by atoms with Crippen molar-refractivity contribution < 1.29 is 9.59 Å². The maximum atomic E-state index is 12.9. The van der Waals surface area contributed by atoms with Crippen LogP contribution in [0.3, 0.4) is 0 Å². The van der Waals surface area contributed by atoms with Crippen molar-refractivity contribution in [2.45, 2.75) is 18.9 Å². The molecule has 0 aliphatic heterocycles. The fourth-order valence-electron chi connectivity index (χ4n) is 3.26. The van der Waals surface area contributed by atoms with E-state index in [0.29, 0.717) is 27.5 Å². The summed E-state index contributed by atoms with van der Waals surface area (Å²) in [6, 6.07) is 22.2. The first-order valence-corrected chi connectivity index (χ1v) is 11.1. The van der Waals surface area contributed by atoms with Gasteiger partial charge in [-0.25, -0.2) is 0 Å². The predicted molar refractivity (Wildman–Crippen MR) is 135 cm³/mol. The lowest BCUT2D eigenvalue weighted by molar-refractivity contribution is -0.115. The van der Waals surface area contributed by atoms with Gasteiger partial charge in [0.05, 0.1) is 11.4 Å². The van der Waals surface area contributed by atoms with E-state index in [4.69, 9.17) is 17.3 Å². The molecular formula is C27H24ClN3O2. The number of carbonyl (C=O) groups is 2. The second kappa shape index (κ2) is 10.2. The highest BCUT2D eigenvalue weighted by Crippen LogP contribution is 2.28. The van der Waals surface area contributed by atoms with Gasteiger partial charge >= 0.3 is 0 Å². The van der Waals surface area contributed by atoms with E-state index in [1.54, 1.807) is 24.3 Å². The Morgan fingerprint density at radius 1 is 0.909 bits per heavy atom. The van der Waals surface area contributed by atoms with E-state index >= 15 is 0 Å². The summed E-state index contributed by atoms with van der Waals surface area (Å²) in [6.07, 6.45) is 7.02. The van der Waals surface area contributed by atoms with Gasteiger partial charge in [-0.1, -0.05) is 66.2 Å². The van der Waals surface area contributed by atoms with Crippen LogP contribution in [-0.2, 0) is 9.59 Å². The molecule has 0 unspecified atom stereocenters. The summed E-state index contributed by atoms with van der Waals surface area (Å²) in [6.45, 7) is 0. The lowest BCUT2D eigenvalue weighted by Crippen LogP contribution is -2.26. The number of rotatable bonds is 7. The highest BCUT2D eigenvalue weighted by molar-refractivity contribution is 6.36. The topological polar surface area (TPSA) is 84.2 Å². The van der Waals surface area contributed by atoms with Crippen LogP contribution < -0.4 is 16.4 Å². The summed E-state index contributed by atoms with van der Waals surface area (Å²) in [5.41, 5.74) is 9.86. The van der Waals surface area contributed by atoms with Crippen LogP contribution in [0.25, 0.3) is 17.7 Å². The Balaban J connectivity index is 1.50. The Labute approximate surface area is 198 Å². The highest BCUT2D eigenvalue weighted by atomic mass is 35.5. The number of hydrogen-bond donors (Lipinski definition) is 3. The zero-order valence-electron chi connectivity index (χ0n) is 17.9. The van der Waals surface area contributed by atoms with Crippen molar-refractivity contribution in [2.24, 2.45) is 0 Å². The van der Waals surface area contributed by atoms with Gasteiger partial charge in [-0.3, -0.25) is 9.59 Å². The fourth-order valence-corrected chi connectivity index (χ4v) is 3.50. The SMILES string of the molecule is Nc1ccccc1NC(=O)C=Cc1ccc(C=C(C(=O)NC2CC2)c2ccccc2Cl)cc1. The number of carbonyl (C=O) groups excluding carboxylic acids is 2. The van der Waals surface area contributed by atoms with Crippen LogP contribution in [0.1, 0.15) is 29.5 Å². The van der Waals surface area contributed by atoms with Gasteiger partial charge in [-0.15, -0.1) is 0 Å². The number of nitrogens with two attached hydrogens (primary N) is 1. The number of amides is 2. The number of para-hydroxylation sites is 2. The Hall–Kier alpha value is -3.83. The minimum absolute atomic E-state index is 0.133. The van der Waals surface area contributed by atoms with Crippen LogP contribution >= 0.6 is 11.6 Å². The number of benzene rings is 3. The molecule has 0 radical (unpaired) electrons. The van der Waals surface area contributed by atoms with Crippen molar-refractivity contribution in [3.63, 3.8) is 0 Å². The number of anilines is 2. The smallest absolute Gasteiger partial charge is 0.252 e. The molecule has 5 nitrogen and oxygen atoms in total. The number of nitrogen functional groups attached to an aromatic ring is 1. The first-order valence-electron chi connectivity index (χ1n) is 10.7. The van der Waals surface area contributed by atoms with Gasteiger partial charge in [0.15, 0.2) is 0 Å². The number of hydrogen-bond acceptors (Lipinski definition) is 3. The molecule has 2 amide bonds. The average Bonchev–Trinajstić information content (AvgIpc) is 3.63. The molecule has 0 spiro atoms. The van der Waals surface area contributed by atoms with E-state index in [2.05, 4.69) is 10.6 Å². The van der Waals surface area contributed by atoms with Crippen molar-refractivity contribution in [3.05, 3.63) is 101 Å². The molecule has 3 aromatic carbocycles. The first kappa shape index (κ1) is 22.4. The lowest BCUT2D eigenvalue weighted by atomic mass is 10.0. The summed E-state index contributed by atoms with van der Waals surface area (Å²) < 4.78 is 0. The van der Waals surface area contributed by atoms with Crippen LogP contribution in [0.15, 0.2) is 78.9 Å². The van der Waals surface area contributed by atoms with E-state index in [1.165, 1.54) is 6.08 Å². The maximum Gasteiger partial charge on any atom is 0.252 e. The van der Waals surface area contributed by atoms with Crippen molar-refractivity contribution >= 4 is 52.5 Å². The molecular weight excluding hydrogens is 434 g/mol. The van der Waals surface area contributed by atoms with Gasteiger partial charge in [-0.2, -0.15) is 0 Å². The second-order valence-corrected chi connectivity index (χ2v) is 8.27. The van der Waals surface area contributed by atoms with Crippen LogP contribution in [0.5, 0.6) is 0 Å². The van der Waals surface area contributed by atoms with Crippen LogP contribution in [0.2, 0.25) is 5.02 Å². The zero-order valence-corrected chi connectivity index (χ0v) is 18.7. The zero-order chi connectivity index (χ0) is 23.2. The molecule has 0 aromatic heterocycles. The second-order valence-electron chi connectivity index (χ2n) is 7.86. The van der Waals surface area contributed by atoms with E-state index in [9.17, 15) is 9.59 Å². The summed E-state index contributed by atoms with van der Waals surface area (Å²) >= 11 is 6.37. The standard InChI is InChI=1S/C27H24ClN3O2/c28-23-6-2-1-5-21(23)22(27(33)30-20-14-15-20)17-19-11-9-18(10-12-19)13-16-26(32)31-25-8-4-3-7-24(25)29/h1-13,16-17,20H,14-15,29H2,(H,30,33)(H,31,32). The Kier molecular flexibility index (Phi) is 6.91. The van der Waals surface area contributed by atoms with Gasteiger partial charge in [0.1, 0.15) is 0 Å². The molecule has 1 aliphatic carbocycles. The highest BCUT2D eigenvalue weighted by Gasteiger charge is 2.25. The van der Waals surface area contributed by atoms with Crippen molar-refractivity contribution in [2.75, 3.05) is 11.1 Å². The summed E-state index contributed by atoms with van der Waals surface area (Å²) in [5.74, 6) is -0.402. The van der Waals surface area contributed by atoms with Gasteiger partial charge in [-0.05, 0) is 54.3 Å². The molecule has 166 valence electrons. The Morgan fingerprint density at radius 3 is 2.27 bits per heavy atom. The largest absolute Gasteiger partial charge is 0.397 e. The maximum absolute atomic E-state index is 12.9. The summed E-state index contributed by atoms with van der Waals surface area (Å²) in [4.78, 5) is 25.1. The average molecular weight is 458 g/mol. The molecule has 0 heterocycles. The van der Waals surface area contributed by atoms with E-state index in [1.807, 2.05) is 60.7 Å². The van der Waals surface area contributed by atoms with Crippen LogP contribution in [0.4, 0.5) is 11.4 Å². The molecule has 0 saturated heterocycles. The van der Waals surface area contributed by atoms with Crippen LogP contribution in [-0.4, -0.2) is 17.9 Å². The molecule has 1 saturated carbocycles. The minimum Gasteiger partial charge on any atom is -0.397 e. The molecule has 3 aromatic rings. The van der Waals surface area contributed by atoms with Gasteiger partial charge in [0.2, 0.25) is 5.91 Å². The van der Waals surface area contributed by atoms with Crippen molar-refractivity contribution in [3.8, 4) is 0 Å². The van der Waals surface area contributed by atoms with Crippen LogP contribution in [0, 0.1) is 0 Å². The number of nitrogens with one attached hydrogen (secondary N) is 2. The van der Waals surface area contributed by atoms with Crippen molar-refractivity contribution in [1.82, 2.24) is 5.32 Å². The van der Waals surface area contributed by atoms with Gasteiger partial charge in [0, 0.05) is 28.3 Å². The van der Waals surface area contributed by atoms with Gasteiger partial charge in [0.25, 0.3) is 5.91 Å². The van der Waals surface area contributed by atoms with E-state index in [0.717, 1.165) is 24.0 Å². The molecule has 0 atom stereocenters. The minimum atomic E-state index is -0.269. The molecule has 1 aliphatic rings. The fraction of sp³-hybridized carbons (Fsp3) is 0.111. The Bertz CT molecular complexity index is 1230. The molecule has 4 rings (SSSR count). The first-order chi connectivity index (χ1) is 16.0. The third-order valence-corrected chi connectivity index (χ3v) is 5.54. The third-order valence-electron chi connectivity index (χ3n) is 5.21. The quantitative estimate of drug-likeness (QED) is 0.252. The monoisotopic (exact) mass is 457 g/mol. The number of halogens is 1. The summed E-state index contributed by atoms with van der Waals surface area (Å²) in [7, 11) is 0. The predicted octanol–water partition coefficient (Wildman–Crippen LogP) is 5.39. The lowest BCUT2D eigenvalue weighted by Gasteiger charge is -2.11. The van der Waals surface area contributed by atoms with E-state index < -0.39 is 0 Å². The van der Waals surface area contributed by atoms with Gasteiger partial charge < -0.3 is 16.4 Å². The molecule has 0 bridgehead atoms. The summed E-state index contributed by atoms with van der Waals surface area (Å²) in [5, 5.41) is 6.32. The molecule has 4 N–H and O–H groups in total. The molecule has 6 heteroatoms. The van der Waals surface area contributed by atoms with E-state index in [-0.39, 0.29) is 17.9 Å². The van der Waals surface area contributed by atoms with Crippen molar-refractivity contribution in [1.29, 1.82) is 0 Å². The third kappa shape index (κ3) is 6.11. The molecule has 33 heavy (non-hydrogen) atoms. The molecule has 1 fully saturated rings.